The number of nitrogens with one attached hydrogen (secondary N) is 1. The first-order valence-corrected chi connectivity index (χ1v) is 7.85. The van der Waals surface area contributed by atoms with Gasteiger partial charge in [0.2, 0.25) is 0 Å². The Hall–Kier alpha value is -0.0400. The highest BCUT2D eigenvalue weighted by Gasteiger charge is 2.25. The number of halogens is 1. The Kier molecular flexibility index (Phi) is 8.84. The molecular formula is C15H30IN3O. The van der Waals surface area contributed by atoms with Crippen LogP contribution < -0.4 is 5.32 Å². The topological polar surface area (TPSA) is 36.9 Å². The van der Waals surface area contributed by atoms with Gasteiger partial charge in [-0.25, -0.2) is 0 Å². The van der Waals surface area contributed by atoms with Gasteiger partial charge in [0.25, 0.3) is 0 Å². The van der Waals surface area contributed by atoms with Crippen LogP contribution >= 0.6 is 24.0 Å². The van der Waals surface area contributed by atoms with Crippen LogP contribution in [0.1, 0.15) is 39.0 Å². The van der Waals surface area contributed by atoms with E-state index in [9.17, 15) is 0 Å². The van der Waals surface area contributed by atoms with Crippen molar-refractivity contribution < 1.29 is 4.74 Å². The third-order valence-electron chi connectivity index (χ3n) is 4.30. The van der Waals surface area contributed by atoms with Crippen molar-refractivity contribution in [3.8, 4) is 0 Å². The van der Waals surface area contributed by atoms with Gasteiger partial charge in [0.05, 0.1) is 6.61 Å². The molecule has 1 aliphatic carbocycles. The molecule has 0 bridgehead atoms. The van der Waals surface area contributed by atoms with E-state index in [0.29, 0.717) is 5.92 Å². The van der Waals surface area contributed by atoms with Crippen LogP contribution in [0.2, 0.25) is 0 Å². The van der Waals surface area contributed by atoms with E-state index in [-0.39, 0.29) is 24.0 Å². The molecule has 2 aliphatic rings. The molecule has 1 saturated heterocycles. The SMILES string of the molecule is CCNC(=NCC1CCCC1)N1CCC(COC)C1.I. The lowest BCUT2D eigenvalue weighted by Crippen LogP contribution is -2.40. The van der Waals surface area contributed by atoms with Crippen LogP contribution in [0, 0.1) is 11.8 Å². The molecule has 1 N–H and O–H groups in total. The van der Waals surface area contributed by atoms with Crippen LogP contribution in [0.25, 0.3) is 0 Å². The second kappa shape index (κ2) is 9.82. The lowest BCUT2D eigenvalue weighted by Gasteiger charge is -2.22. The zero-order chi connectivity index (χ0) is 13.5. The van der Waals surface area contributed by atoms with Crippen molar-refractivity contribution in [1.82, 2.24) is 10.2 Å². The van der Waals surface area contributed by atoms with Crippen LogP contribution in [0.3, 0.4) is 0 Å². The van der Waals surface area contributed by atoms with Crippen LogP contribution in [-0.4, -0.2) is 50.8 Å². The van der Waals surface area contributed by atoms with Gasteiger partial charge in [-0.2, -0.15) is 0 Å². The molecule has 0 aromatic heterocycles. The molecule has 0 radical (unpaired) electrons. The highest BCUT2D eigenvalue weighted by molar-refractivity contribution is 14.0. The summed E-state index contributed by atoms with van der Waals surface area (Å²) in [6, 6.07) is 0. The number of hydrogen-bond donors (Lipinski definition) is 1. The molecule has 0 spiro atoms. The monoisotopic (exact) mass is 395 g/mol. The lowest BCUT2D eigenvalue weighted by molar-refractivity contribution is 0.157. The van der Waals surface area contributed by atoms with Gasteiger partial charge in [0.1, 0.15) is 0 Å². The standard InChI is InChI=1S/C15H29N3O.HI/c1-3-16-15(17-10-13-6-4-5-7-13)18-9-8-14(11-18)12-19-2;/h13-14H,3-12H2,1-2H3,(H,16,17);1H. The summed E-state index contributed by atoms with van der Waals surface area (Å²) in [5.41, 5.74) is 0. The lowest BCUT2D eigenvalue weighted by atomic mass is 10.1. The molecule has 1 aliphatic heterocycles. The van der Waals surface area contributed by atoms with Crippen molar-refractivity contribution in [2.45, 2.75) is 39.0 Å². The molecular weight excluding hydrogens is 365 g/mol. The summed E-state index contributed by atoms with van der Waals surface area (Å²) >= 11 is 0. The molecule has 1 unspecified atom stereocenters. The Bertz CT molecular complexity index is 293. The van der Waals surface area contributed by atoms with E-state index in [1.54, 1.807) is 7.11 Å². The zero-order valence-electron chi connectivity index (χ0n) is 12.9. The molecule has 0 aromatic rings. The first-order valence-electron chi connectivity index (χ1n) is 7.85. The minimum absolute atomic E-state index is 0. The summed E-state index contributed by atoms with van der Waals surface area (Å²) in [5.74, 6) is 2.61. The van der Waals surface area contributed by atoms with E-state index >= 15 is 0 Å². The van der Waals surface area contributed by atoms with Crippen molar-refractivity contribution in [3.05, 3.63) is 0 Å². The number of hydrogen-bond acceptors (Lipinski definition) is 2. The number of aliphatic imine (C=N–C) groups is 1. The zero-order valence-corrected chi connectivity index (χ0v) is 15.3. The third kappa shape index (κ3) is 5.39. The fourth-order valence-corrected chi connectivity index (χ4v) is 3.23. The van der Waals surface area contributed by atoms with E-state index in [0.717, 1.165) is 44.7 Å². The largest absolute Gasteiger partial charge is 0.384 e. The summed E-state index contributed by atoms with van der Waals surface area (Å²) < 4.78 is 5.27. The first kappa shape index (κ1) is 18.0. The average Bonchev–Trinajstić information content (AvgIpc) is 3.06. The van der Waals surface area contributed by atoms with Crippen LogP contribution in [0.4, 0.5) is 0 Å². The molecule has 118 valence electrons. The fourth-order valence-electron chi connectivity index (χ4n) is 3.23. The quantitative estimate of drug-likeness (QED) is 0.442. The normalized spacial score (nSPS) is 24.0. The molecule has 0 aromatic carbocycles. The number of guanidine groups is 1. The summed E-state index contributed by atoms with van der Waals surface area (Å²) in [7, 11) is 1.79. The molecule has 5 heteroatoms. The minimum atomic E-state index is 0. The number of ether oxygens (including phenoxy) is 1. The summed E-state index contributed by atoms with van der Waals surface area (Å²) in [6.45, 7) is 7.18. The van der Waals surface area contributed by atoms with E-state index in [2.05, 4.69) is 17.1 Å². The maximum Gasteiger partial charge on any atom is 0.193 e. The number of rotatable bonds is 5. The molecule has 1 heterocycles. The molecule has 1 saturated carbocycles. The Morgan fingerprint density at radius 2 is 2.00 bits per heavy atom. The van der Waals surface area contributed by atoms with Gasteiger partial charge < -0.3 is 15.0 Å². The molecule has 2 rings (SSSR count). The maximum atomic E-state index is 5.27. The summed E-state index contributed by atoms with van der Waals surface area (Å²) in [5, 5.41) is 3.45. The van der Waals surface area contributed by atoms with Crippen molar-refractivity contribution in [3.63, 3.8) is 0 Å². The van der Waals surface area contributed by atoms with Gasteiger partial charge in [-0.15, -0.1) is 24.0 Å². The Labute approximate surface area is 140 Å². The number of nitrogens with zero attached hydrogens (tertiary/aromatic N) is 2. The third-order valence-corrected chi connectivity index (χ3v) is 4.30. The Morgan fingerprint density at radius 1 is 1.25 bits per heavy atom. The smallest absolute Gasteiger partial charge is 0.193 e. The highest BCUT2D eigenvalue weighted by Crippen LogP contribution is 2.25. The van der Waals surface area contributed by atoms with Gasteiger partial charge in [-0.3, -0.25) is 4.99 Å². The number of likely N-dealkylation sites (tertiary alicyclic amines) is 1. The average molecular weight is 395 g/mol. The predicted octanol–water partition coefficient (Wildman–Crippen LogP) is 2.73. The van der Waals surface area contributed by atoms with Gasteiger partial charge in [-0.05, 0) is 32.1 Å². The minimum Gasteiger partial charge on any atom is -0.384 e. The van der Waals surface area contributed by atoms with Crippen molar-refractivity contribution >= 4 is 29.9 Å². The molecule has 0 amide bonds. The van der Waals surface area contributed by atoms with E-state index in [1.807, 2.05) is 0 Å². The second-order valence-electron chi connectivity index (χ2n) is 5.90. The fraction of sp³-hybridized carbons (Fsp3) is 0.933. The molecule has 2 fully saturated rings. The number of methoxy groups -OCH3 is 1. The summed E-state index contributed by atoms with van der Waals surface area (Å²) in [6.07, 6.45) is 6.76. The van der Waals surface area contributed by atoms with E-state index in [4.69, 9.17) is 9.73 Å². The molecule has 1 atom stereocenters. The maximum absolute atomic E-state index is 5.27. The predicted molar refractivity (Wildman–Crippen MR) is 94.9 cm³/mol. The van der Waals surface area contributed by atoms with E-state index < -0.39 is 0 Å². The Balaban J connectivity index is 0.00000200. The Morgan fingerprint density at radius 3 is 2.65 bits per heavy atom. The molecule has 4 nitrogen and oxygen atoms in total. The first-order chi connectivity index (χ1) is 9.33. The van der Waals surface area contributed by atoms with E-state index in [1.165, 1.54) is 32.1 Å². The van der Waals surface area contributed by atoms with Crippen LogP contribution in [-0.2, 0) is 4.74 Å². The van der Waals surface area contributed by atoms with Crippen LogP contribution in [0.5, 0.6) is 0 Å². The summed E-state index contributed by atoms with van der Waals surface area (Å²) in [4.78, 5) is 7.27. The highest BCUT2D eigenvalue weighted by atomic mass is 127. The van der Waals surface area contributed by atoms with Gasteiger partial charge >= 0.3 is 0 Å². The van der Waals surface area contributed by atoms with Gasteiger partial charge in [0.15, 0.2) is 5.96 Å². The van der Waals surface area contributed by atoms with Crippen LogP contribution in [0.15, 0.2) is 4.99 Å². The van der Waals surface area contributed by atoms with Crippen molar-refractivity contribution in [2.24, 2.45) is 16.8 Å². The van der Waals surface area contributed by atoms with Gasteiger partial charge in [-0.1, -0.05) is 12.8 Å². The molecule has 20 heavy (non-hydrogen) atoms. The van der Waals surface area contributed by atoms with Crippen molar-refractivity contribution in [1.29, 1.82) is 0 Å². The van der Waals surface area contributed by atoms with Crippen molar-refractivity contribution in [2.75, 3.05) is 39.9 Å². The second-order valence-corrected chi connectivity index (χ2v) is 5.90. The van der Waals surface area contributed by atoms with Gasteiger partial charge in [0, 0.05) is 39.2 Å².